The molecule has 0 amide bonds. The van der Waals surface area contributed by atoms with Gasteiger partial charge < -0.3 is 4.74 Å². The molecule has 0 atom stereocenters. The van der Waals surface area contributed by atoms with Crippen molar-refractivity contribution in [3.63, 3.8) is 0 Å². The van der Waals surface area contributed by atoms with Crippen molar-refractivity contribution in [1.82, 2.24) is 0 Å². The van der Waals surface area contributed by atoms with Crippen LogP contribution in [0.5, 0.6) is 5.75 Å². The smallest absolute Gasteiger partial charge is 0.162 e. The standard InChI is InChI=1S/C9H11ClOS/c1-2-12-9-6-4-3-5-8(9)11-7-10/h3-6H,2,7H2,1H3. The van der Waals surface area contributed by atoms with Crippen LogP contribution in [0.2, 0.25) is 0 Å². The van der Waals surface area contributed by atoms with Gasteiger partial charge in [0.25, 0.3) is 0 Å². The molecule has 0 fully saturated rings. The molecule has 0 aliphatic rings. The average molecular weight is 203 g/mol. The molecule has 0 spiro atoms. The summed E-state index contributed by atoms with van der Waals surface area (Å²) < 4.78 is 5.23. The maximum Gasteiger partial charge on any atom is 0.162 e. The molecule has 3 heteroatoms. The van der Waals surface area contributed by atoms with Crippen LogP contribution in [0.25, 0.3) is 0 Å². The summed E-state index contributed by atoms with van der Waals surface area (Å²) in [4.78, 5) is 1.15. The number of hydrogen-bond acceptors (Lipinski definition) is 2. The molecular formula is C9H11ClOS. The molecule has 66 valence electrons. The van der Waals surface area contributed by atoms with E-state index in [0.717, 1.165) is 16.4 Å². The first kappa shape index (κ1) is 9.75. The van der Waals surface area contributed by atoms with E-state index in [-0.39, 0.29) is 6.07 Å². The molecule has 0 unspecified atom stereocenters. The number of alkyl halides is 1. The Morgan fingerprint density at radius 2 is 2.17 bits per heavy atom. The topological polar surface area (TPSA) is 9.23 Å². The lowest BCUT2D eigenvalue weighted by molar-refractivity contribution is 0.379. The van der Waals surface area contributed by atoms with Crippen molar-refractivity contribution in [2.45, 2.75) is 11.8 Å². The van der Waals surface area contributed by atoms with Crippen LogP contribution >= 0.6 is 23.4 Å². The Labute approximate surface area is 82.1 Å². The fraction of sp³-hybridized carbons (Fsp3) is 0.333. The van der Waals surface area contributed by atoms with E-state index in [9.17, 15) is 0 Å². The van der Waals surface area contributed by atoms with E-state index in [0.29, 0.717) is 0 Å². The highest BCUT2D eigenvalue weighted by atomic mass is 35.5. The molecule has 0 saturated carbocycles. The normalized spacial score (nSPS) is 9.83. The van der Waals surface area contributed by atoms with Gasteiger partial charge in [-0.1, -0.05) is 30.7 Å². The van der Waals surface area contributed by atoms with Gasteiger partial charge in [-0.3, -0.25) is 0 Å². The predicted molar refractivity (Wildman–Crippen MR) is 54.2 cm³/mol. The summed E-state index contributed by atoms with van der Waals surface area (Å²) in [5.74, 6) is 1.92. The van der Waals surface area contributed by atoms with Crippen molar-refractivity contribution >= 4 is 23.4 Å². The zero-order chi connectivity index (χ0) is 8.81. The van der Waals surface area contributed by atoms with Crippen molar-refractivity contribution in [3.8, 4) is 5.75 Å². The van der Waals surface area contributed by atoms with Crippen molar-refractivity contribution in [1.29, 1.82) is 0 Å². The minimum Gasteiger partial charge on any atom is -0.477 e. The number of para-hydroxylation sites is 1. The number of halogens is 1. The van der Waals surface area contributed by atoms with Crippen LogP contribution in [0.1, 0.15) is 6.92 Å². The monoisotopic (exact) mass is 202 g/mol. The average Bonchev–Trinajstić information content (AvgIpc) is 2.09. The Balaban J connectivity index is 2.77. The molecule has 0 N–H and O–H groups in total. The van der Waals surface area contributed by atoms with Gasteiger partial charge in [0.2, 0.25) is 0 Å². The van der Waals surface area contributed by atoms with E-state index in [1.807, 2.05) is 24.3 Å². The van der Waals surface area contributed by atoms with E-state index in [2.05, 4.69) is 6.92 Å². The zero-order valence-electron chi connectivity index (χ0n) is 6.92. The highest BCUT2D eigenvalue weighted by molar-refractivity contribution is 7.99. The van der Waals surface area contributed by atoms with E-state index in [1.165, 1.54) is 0 Å². The summed E-state index contributed by atoms with van der Waals surface area (Å²) in [5, 5.41) is 0. The largest absolute Gasteiger partial charge is 0.477 e. The van der Waals surface area contributed by atoms with Crippen molar-refractivity contribution in [2.75, 3.05) is 11.8 Å². The van der Waals surface area contributed by atoms with Gasteiger partial charge in [-0.15, -0.1) is 11.8 Å². The van der Waals surface area contributed by atoms with Gasteiger partial charge >= 0.3 is 0 Å². The van der Waals surface area contributed by atoms with E-state index in [1.54, 1.807) is 11.8 Å². The van der Waals surface area contributed by atoms with Gasteiger partial charge in [0.15, 0.2) is 6.07 Å². The first-order valence-electron chi connectivity index (χ1n) is 3.79. The van der Waals surface area contributed by atoms with E-state index >= 15 is 0 Å². The van der Waals surface area contributed by atoms with Gasteiger partial charge in [0, 0.05) is 4.90 Å². The van der Waals surface area contributed by atoms with Crippen LogP contribution in [0.4, 0.5) is 0 Å². The quantitative estimate of drug-likeness (QED) is 0.547. The summed E-state index contributed by atoms with van der Waals surface area (Å²) in [6.45, 7) is 2.11. The molecule has 1 nitrogen and oxygen atoms in total. The first-order chi connectivity index (χ1) is 5.88. The predicted octanol–water partition coefficient (Wildman–Crippen LogP) is 3.37. The molecule has 0 radical (unpaired) electrons. The number of thioether (sulfide) groups is 1. The minimum atomic E-state index is 0.210. The third-order valence-electron chi connectivity index (χ3n) is 1.36. The molecule has 1 aromatic carbocycles. The minimum absolute atomic E-state index is 0.210. The van der Waals surface area contributed by atoms with Crippen LogP contribution in [0, 0.1) is 0 Å². The Bertz CT molecular complexity index is 215. The second-order valence-corrected chi connectivity index (χ2v) is 3.66. The maximum absolute atomic E-state index is 5.48. The third kappa shape index (κ3) is 2.61. The summed E-state index contributed by atoms with van der Waals surface area (Å²) in [7, 11) is 0. The van der Waals surface area contributed by atoms with Gasteiger partial charge in [0.1, 0.15) is 5.75 Å². The molecule has 0 aliphatic carbocycles. The fourth-order valence-electron chi connectivity index (χ4n) is 0.903. The lowest BCUT2D eigenvalue weighted by Gasteiger charge is -2.06. The van der Waals surface area contributed by atoms with Crippen molar-refractivity contribution in [2.24, 2.45) is 0 Å². The molecule has 0 saturated heterocycles. The van der Waals surface area contributed by atoms with E-state index < -0.39 is 0 Å². The van der Waals surface area contributed by atoms with Crippen molar-refractivity contribution < 1.29 is 4.74 Å². The molecular weight excluding hydrogens is 192 g/mol. The number of benzene rings is 1. The molecule has 1 aromatic rings. The van der Waals surface area contributed by atoms with E-state index in [4.69, 9.17) is 16.3 Å². The summed E-state index contributed by atoms with van der Waals surface area (Å²) in [5.41, 5.74) is 0. The molecule has 1 rings (SSSR count). The number of hydrogen-bond donors (Lipinski definition) is 0. The Morgan fingerprint density at radius 1 is 1.42 bits per heavy atom. The Kier molecular flexibility index (Phi) is 4.33. The highest BCUT2D eigenvalue weighted by Crippen LogP contribution is 2.28. The first-order valence-corrected chi connectivity index (χ1v) is 5.31. The van der Waals surface area contributed by atoms with Crippen molar-refractivity contribution in [3.05, 3.63) is 24.3 Å². The molecule has 12 heavy (non-hydrogen) atoms. The lowest BCUT2D eigenvalue weighted by atomic mass is 10.3. The highest BCUT2D eigenvalue weighted by Gasteiger charge is 2.00. The summed E-state index contributed by atoms with van der Waals surface area (Å²) in [6, 6.07) is 8.12. The maximum atomic E-state index is 5.48. The molecule has 0 heterocycles. The third-order valence-corrected chi connectivity index (χ3v) is 2.41. The second kappa shape index (κ2) is 5.33. The zero-order valence-corrected chi connectivity index (χ0v) is 8.49. The molecule has 0 bridgehead atoms. The summed E-state index contributed by atoms with van der Waals surface area (Å²) >= 11 is 7.23. The number of rotatable bonds is 4. The number of ether oxygens (including phenoxy) is 1. The van der Waals surface area contributed by atoms with Crippen LogP contribution in [-0.4, -0.2) is 11.8 Å². The van der Waals surface area contributed by atoms with Crippen LogP contribution in [0.15, 0.2) is 29.2 Å². The fourth-order valence-corrected chi connectivity index (χ4v) is 1.78. The van der Waals surface area contributed by atoms with Crippen LogP contribution in [0.3, 0.4) is 0 Å². The Hall–Kier alpha value is -0.340. The molecule has 0 aromatic heterocycles. The van der Waals surface area contributed by atoms with Gasteiger partial charge in [-0.25, -0.2) is 0 Å². The van der Waals surface area contributed by atoms with Gasteiger partial charge in [-0.05, 0) is 17.9 Å². The summed E-state index contributed by atoms with van der Waals surface area (Å²) in [6.07, 6.45) is 0. The molecule has 0 aliphatic heterocycles. The Morgan fingerprint density at radius 3 is 2.83 bits per heavy atom. The SMILES string of the molecule is CCSc1ccccc1OCCl. The second-order valence-electron chi connectivity index (χ2n) is 2.13. The lowest BCUT2D eigenvalue weighted by Crippen LogP contribution is -1.90. The van der Waals surface area contributed by atoms with Gasteiger partial charge in [-0.2, -0.15) is 0 Å². The van der Waals surface area contributed by atoms with Gasteiger partial charge in [0.05, 0.1) is 0 Å². The van der Waals surface area contributed by atoms with Crippen LogP contribution < -0.4 is 4.74 Å². The van der Waals surface area contributed by atoms with Crippen LogP contribution in [-0.2, 0) is 0 Å².